The lowest BCUT2D eigenvalue weighted by Crippen LogP contribution is -1.95. The van der Waals surface area contributed by atoms with Crippen molar-refractivity contribution < 1.29 is 9.90 Å². The standard InChI is InChI=1S/C14H11ClO2/c1-9(16)13-7-4-11(15)8-14(13)10-2-5-12(17)6-3-10/h2-8,17H,1H3. The van der Waals surface area contributed by atoms with Gasteiger partial charge in [-0.05, 0) is 48.4 Å². The first kappa shape index (κ1) is 11.7. The molecule has 0 heterocycles. The Kier molecular flexibility index (Phi) is 3.16. The summed E-state index contributed by atoms with van der Waals surface area (Å²) >= 11 is 5.94. The molecule has 0 aromatic heterocycles. The summed E-state index contributed by atoms with van der Waals surface area (Å²) in [5, 5.41) is 9.83. The Morgan fingerprint density at radius 2 is 1.76 bits per heavy atom. The Morgan fingerprint density at radius 1 is 1.12 bits per heavy atom. The lowest BCUT2D eigenvalue weighted by atomic mass is 9.97. The summed E-state index contributed by atoms with van der Waals surface area (Å²) in [4.78, 5) is 11.5. The minimum absolute atomic E-state index is 0.00950. The molecule has 0 radical (unpaired) electrons. The van der Waals surface area contributed by atoms with Crippen LogP contribution in [0.5, 0.6) is 5.75 Å². The number of Topliss-reactive ketones (excluding diaryl/α,β-unsaturated/α-hetero) is 1. The van der Waals surface area contributed by atoms with Gasteiger partial charge < -0.3 is 5.11 Å². The largest absolute Gasteiger partial charge is 0.508 e. The van der Waals surface area contributed by atoms with E-state index in [-0.39, 0.29) is 11.5 Å². The number of halogens is 1. The van der Waals surface area contributed by atoms with Crippen molar-refractivity contribution in [2.45, 2.75) is 6.92 Å². The van der Waals surface area contributed by atoms with Crippen LogP contribution in [0, 0.1) is 0 Å². The zero-order chi connectivity index (χ0) is 12.4. The van der Waals surface area contributed by atoms with E-state index in [0.29, 0.717) is 10.6 Å². The van der Waals surface area contributed by atoms with Crippen molar-refractivity contribution in [1.82, 2.24) is 0 Å². The average Bonchev–Trinajstić information content (AvgIpc) is 2.29. The summed E-state index contributed by atoms with van der Waals surface area (Å²) in [6, 6.07) is 11.8. The number of carbonyl (C=O) groups excluding carboxylic acids is 1. The number of rotatable bonds is 2. The zero-order valence-corrected chi connectivity index (χ0v) is 10.0. The van der Waals surface area contributed by atoms with Crippen molar-refractivity contribution in [1.29, 1.82) is 0 Å². The highest BCUT2D eigenvalue weighted by molar-refractivity contribution is 6.31. The summed E-state index contributed by atoms with van der Waals surface area (Å²) in [5.41, 5.74) is 2.26. The van der Waals surface area contributed by atoms with E-state index >= 15 is 0 Å². The van der Waals surface area contributed by atoms with Gasteiger partial charge in [-0.25, -0.2) is 0 Å². The van der Waals surface area contributed by atoms with Crippen molar-refractivity contribution >= 4 is 17.4 Å². The van der Waals surface area contributed by atoms with Crippen LogP contribution in [0.15, 0.2) is 42.5 Å². The molecule has 0 unspecified atom stereocenters. The molecule has 2 rings (SSSR count). The van der Waals surface area contributed by atoms with Gasteiger partial charge in [0.05, 0.1) is 0 Å². The molecule has 0 amide bonds. The van der Waals surface area contributed by atoms with Crippen LogP contribution < -0.4 is 0 Å². The van der Waals surface area contributed by atoms with Crippen LogP contribution in [0.25, 0.3) is 11.1 Å². The molecule has 0 aliphatic heterocycles. The number of hydrogen-bond acceptors (Lipinski definition) is 2. The number of hydrogen-bond donors (Lipinski definition) is 1. The van der Waals surface area contributed by atoms with Gasteiger partial charge >= 0.3 is 0 Å². The maximum Gasteiger partial charge on any atom is 0.160 e. The van der Waals surface area contributed by atoms with Gasteiger partial charge in [0.2, 0.25) is 0 Å². The number of carbonyl (C=O) groups is 1. The Hall–Kier alpha value is -1.80. The molecule has 0 bridgehead atoms. The van der Waals surface area contributed by atoms with Gasteiger partial charge in [0.15, 0.2) is 5.78 Å². The maximum absolute atomic E-state index is 11.5. The van der Waals surface area contributed by atoms with E-state index in [1.54, 1.807) is 42.5 Å². The summed E-state index contributed by atoms with van der Waals surface area (Å²) in [6.45, 7) is 1.52. The fourth-order valence-corrected chi connectivity index (χ4v) is 1.88. The van der Waals surface area contributed by atoms with E-state index < -0.39 is 0 Å². The topological polar surface area (TPSA) is 37.3 Å². The van der Waals surface area contributed by atoms with E-state index in [2.05, 4.69) is 0 Å². The fraction of sp³-hybridized carbons (Fsp3) is 0.0714. The molecule has 0 aliphatic carbocycles. The molecule has 0 saturated heterocycles. The molecular weight excluding hydrogens is 236 g/mol. The van der Waals surface area contributed by atoms with Crippen LogP contribution in [0.1, 0.15) is 17.3 Å². The molecular formula is C14H11ClO2. The van der Waals surface area contributed by atoms with Gasteiger partial charge in [-0.15, -0.1) is 0 Å². The van der Waals surface area contributed by atoms with Crippen LogP contribution in [0.4, 0.5) is 0 Å². The predicted molar refractivity (Wildman–Crippen MR) is 68.6 cm³/mol. The zero-order valence-electron chi connectivity index (χ0n) is 9.27. The number of ketones is 1. The summed E-state index contributed by atoms with van der Waals surface area (Å²) < 4.78 is 0. The Bertz CT molecular complexity index is 559. The van der Waals surface area contributed by atoms with Crippen LogP contribution in [0.2, 0.25) is 5.02 Å². The fourth-order valence-electron chi connectivity index (χ4n) is 1.70. The normalized spacial score (nSPS) is 10.2. The van der Waals surface area contributed by atoms with E-state index in [9.17, 15) is 9.90 Å². The minimum Gasteiger partial charge on any atom is -0.508 e. The first-order valence-corrected chi connectivity index (χ1v) is 5.55. The van der Waals surface area contributed by atoms with Crippen LogP contribution in [0.3, 0.4) is 0 Å². The van der Waals surface area contributed by atoms with Gasteiger partial charge in [0.25, 0.3) is 0 Å². The monoisotopic (exact) mass is 246 g/mol. The second kappa shape index (κ2) is 4.60. The third-order valence-corrected chi connectivity index (χ3v) is 2.77. The van der Waals surface area contributed by atoms with Crippen molar-refractivity contribution in [2.24, 2.45) is 0 Å². The molecule has 3 heteroatoms. The summed E-state index contributed by atoms with van der Waals surface area (Å²) in [5.74, 6) is 0.185. The Balaban J connectivity index is 2.60. The maximum atomic E-state index is 11.5. The third kappa shape index (κ3) is 2.48. The predicted octanol–water partition coefficient (Wildman–Crippen LogP) is 3.92. The molecule has 0 aliphatic rings. The van der Waals surface area contributed by atoms with Crippen molar-refractivity contribution in [3.05, 3.63) is 53.1 Å². The molecule has 86 valence electrons. The Morgan fingerprint density at radius 3 is 2.35 bits per heavy atom. The minimum atomic E-state index is -0.00950. The number of phenols is 1. The molecule has 0 fully saturated rings. The second-order valence-corrected chi connectivity index (χ2v) is 4.23. The smallest absolute Gasteiger partial charge is 0.160 e. The lowest BCUT2D eigenvalue weighted by Gasteiger charge is -2.08. The van der Waals surface area contributed by atoms with Crippen molar-refractivity contribution in [2.75, 3.05) is 0 Å². The first-order chi connectivity index (χ1) is 8.08. The highest BCUT2D eigenvalue weighted by Crippen LogP contribution is 2.28. The van der Waals surface area contributed by atoms with Crippen molar-refractivity contribution in [3.63, 3.8) is 0 Å². The van der Waals surface area contributed by atoms with E-state index in [4.69, 9.17) is 11.6 Å². The highest BCUT2D eigenvalue weighted by Gasteiger charge is 2.09. The van der Waals surface area contributed by atoms with Gasteiger partial charge in [-0.2, -0.15) is 0 Å². The summed E-state index contributed by atoms with van der Waals surface area (Å²) in [7, 11) is 0. The SMILES string of the molecule is CC(=O)c1ccc(Cl)cc1-c1ccc(O)cc1. The molecule has 0 saturated carbocycles. The Labute approximate surface area is 104 Å². The van der Waals surface area contributed by atoms with Crippen LogP contribution >= 0.6 is 11.6 Å². The van der Waals surface area contributed by atoms with Crippen LogP contribution in [-0.4, -0.2) is 10.9 Å². The van der Waals surface area contributed by atoms with Gasteiger partial charge in [-0.1, -0.05) is 23.7 Å². The van der Waals surface area contributed by atoms with E-state index in [1.165, 1.54) is 6.92 Å². The van der Waals surface area contributed by atoms with Crippen molar-refractivity contribution in [3.8, 4) is 16.9 Å². The quantitative estimate of drug-likeness (QED) is 0.816. The molecule has 0 spiro atoms. The third-order valence-electron chi connectivity index (χ3n) is 2.54. The molecule has 2 nitrogen and oxygen atoms in total. The van der Waals surface area contributed by atoms with E-state index in [0.717, 1.165) is 11.1 Å². The van der Waals surface area contributed by atoms with Gasteiger partial charge in [-0.3, -0.25) is 4.79 Å². The van der Waals surface area contributed by atoms with Gasteiger partial charge in [0.1, 0.15) is 5.75 Å². The number of benzene rings is 2. The average molecular weight is 247 g/mol. The van der Waals surface area contributed by atoms with E-state index in [1.807, 2.05) is 0 Å². The summed E-state index contributed by atoms with van der Waals surface area (Å²) in [6.07, 6.45) is 0. The molecule has 1 N–H and O–H groups in total. The van der Waals surface area contributed by atoms with Crippen LogP contribution in [-0.2, 0) is 0 Å². The molecule has 2 aromatic rings. The van der Waals surface area contributed by atoms with Gasteiger partial charge in [0, 0.05) is 10.6 Å². The highest BCUT2D eigenvalue weighted by atomic mass is 35.5. The lowest BCUT2D eigenvalue weighted by molar-refractivity contribution is 0.101. The first-order valence-electron chi connectivity index (χ1n) is 5.18. The molecule has 17 heavy (non-hydrogen) atoms. The number of phenolic OH excluding ortho intramolecular Hbond substituents is 1. The number of aromatic hydroxyl groups is 1. The molecule has 0 atom stereocenters. The second-order valence-electron chi connectivity index (χ2n) is 3.79. The molecule has 2 aromatic carbocycles.